The first kappa shape index (κ1) is 20.9. The number of ether oxygens (including phenoxy) is 1. The lowest BCUT2D eigenvalue weighted by atomic mass is 9.92. The molecule has 0 radical (unpaired) electrons. The standard InChI is InChI=1S/C20H31N3O4S/c1-15-11-16(2)13-22(12-15)10-6-9-21-20(24)19-14-23(28(3,25)26)17-7-4-5-8-18(17)27-19/h4-5,7-8,15-16,19H,6,9-14H2,1-3H3,(H,21,24)/t15-,16-,19+/m1/s1. The lowest BCUT2D eigenvalue weighted by Gasteiger charge is -2.35. The third-order valence-corrected chi connectivity index (χ3v) is 6.47. The molecule has 2 aliphatic rings. The second kappa shape index (κ2) is 8.69. The summed E-state index contributed by atoms with van der Waals surface area (Å²) in [4.78, 5) is 15.0. The predicted molar refractivity (Wildman–Crippen MR) is 110 cm³/mol. The van der Waals surface area contributed by atoms with Crippen molar-refractivity contribution >= 4 is 21.6 Å². The summed E-state index contributed by atoms with van der Waals surface area (Å²) < 4.78 is 31.3. The quantitative estimate of drug-likeness (QED) is 0.724. The van der Waals surface area contributed by atoms with Crippen LogP contribution in [-0.2, 0) is 14.8 Å². The summed E-state index contributed by atoms with van der Waals surface area (Å²) in [7, 11) is -3.49. The number of piperidine rings is 1. The zero-order valence-corrected chi connectivity index (χ0v) is 17.7. The molecule has 8 heteroatoms. The van der Waals surface area contributed by atoms with Crippen LogP contribution in [0.2, 0.25) is 0 Å². The Hall–Kier alpha value is -1.80. The highest BCUT2D eigenvalue weighted by Crippen LogP contribution is 2.34. The zero-order valence-electron chi connectivity index (χ0n) is 16.9. The van der Waals surface area contributed by atoms with Crippen LogP contribution in [0.15, 0.2) is 24.3 Å². The fourth-order valence-corrected chi connectivity index (χ4v) is 5.17. The highest BCUT2D eigenvalue weighted by Gasteiger charge is 2.34. The van der Waals surface area contributed by atoms with Crippen LogP contribution in [0.3, 0.4) is 0 Å². The molecule has 1 aromatic carbocycles. The number of hydrogen-bond donors (Lipinski definition) is 1. The summed E-state index contributed by atoms with van der Waals surface area (Å²) in [6.07, 6.45) is 2.44. The van der Waals surface area contributed by atoms with Crippen molar-refractivity contribution in [1.29, 1.82) is 0 Å². The number of carbonyl (C=O) groups excluding carboxylic acids is 1. The number of nitrogens with one attached hydrogen (secondary N) is 1. The molecule has 3 rings (SSSR count). The summed E-state index contributed by atoms with van der Waals surface area (Å²) in [5.74, 6) is 1.58. The summed E-state index contributed by atoms with van der Waals surface area (Å²) in [6, 6.07) is 6.89. The van der Waals surface area contributed by atoms with Gasteiger partial charge in [0.05, 0.1) is 18.5 Å². The third-order valence-electron chi connectivity index (χ3n) is 5.32. The number of fused-ring (bicyclic) bond motifs is 1. The molecule has 2 heterocycles. The average Bonchev–Trinajstić information content (AvgIpc) is 2.62. The van der Waals surface area contributed by atoms with E-state index < -0.39 is 16.1 Å². The molecule has 0 spiro atoms. The fraction of sp³-hybridized carbons (Fsp3) is 0.650. The van der Waals surface area contributed by atoms with Crippen molar-refractivity contribution in [2.24, 2.45) is 11.8 Å². The Kier molecular flexibility index (Phi) is 6.50. The molecule has 1 aromatic rings. The maximum atomic E-state index is 12.6. The fourth-order valence-electron chi connectivity index (χ4n) is 4.26. The lowest BCUT2D eigenvalue weighted by Crippen LogP contribution is -2.50. The number of likely N-dealkylation sites (tertiary alicyclic amines) is 1. The molecule has 0 bridgehead atoms. The van der Waals surface area contributed by atoms with Gasteiger partial charge < -0.3 is 15.0 Å². The van der Waals surface area contributed by atoms with Crippen molar-refractivity contribution in [2.75, 3.05) is 43.3 Å². The molecule has 0 saturated carbocycles. The topological polar surface area (TPSA) is 79.0 Å². The minimum Gasteiger partial charge on any atom is -0.476 e. The molecule has 28 heavy (non-hydrogen) atoms. The van der Waals surface area contributed by atoms with Crippen molar-refractivity contribution in [3.63, 3.8) is 0 Å². The number of anilines is 1. The molecule has 2 aliphatic heterocycles. The van der Waals surface area contributed by atoms with E-state index in [2.05, 4.69) is 24.1 Å². The highest BCUT2D eigenvalue weighted by molar-refractivity contribution is 7.92. The number of carbonyl (C=O) groups is 1. The van der Waals surface area contributed by atoms with E-state index in [1.54, 1.807) is 24.3 Å². The van der Waals surface area contributed by atoms with Gasteiger partial charge in [-0.3, -0.25) is 9.10 Å². The second-order valence-electron chi connectivity index (χ2n) is 8.22. The van der Waals surface area contributed by atoms with Gasteiger partial charge in [-0.15, -0.1) is 0 Å². The minimum absolute atomic E-state index is 0.0111. The molecule has 1 amide bonds. The van der Waals surface area contributed by atoms with Crippen LogP contribution in [0.1, 0.15) is 26.7 Å². The van der Waals surface area contributed by atoms with Gasteiger partial charge in [-0.2, -0.15) is 0 Å². The van der Waals surface area contributed by atoms with Crippen LogP contribution in [0.5, 0.6) is 5.75 Å². The molecule has 1 N–H and O–H groups in total. The molecule has 156 valence electrons. The zero-order chi connectivity index (χ0) is 20.3. The molecular weight excluding hydrogens is 378 g/mol. The molecule has 0 unspecified atom stereocenters. The van der Waals surface area contributed by atoms with Gasteiger partial charge in [0.1, 0.15) is 5.75 Å². The molecule has 0 aliphatic carbocycles. The second-order valence-corrected chi connectivity index (χ2v) is 10.1. The molecule has 1 fully saturated rings. The number of benzene rings is 1. The first-order valence-corrected chi connectivity index (χ1v) is 11.8. The lowest BCUT2D eigenvalue weighted by molar-refractivity contribution is -0.127. The number of amides is 1. The van der Waals surface area contributed by atoms with Gasteiger partial charge in [0.15, 0.2) is 6.10 Å². The van der Waals surface area contributed by atoms with E-state index in [0.717, 1.165) is 44.1 Å². The van der Waals surface area contributed by atoms with Crippen molar-refractivity contribution in [3.05, 3.63) is 24.3 Å². The number of rotatable bonds is 6. The number of para-hydroxylation sites is 2. The summed E-state index contributed by atoms with van der Waals surface area (Å²) in [5.41, 5.74) is 0.474. The Morgan fingerprint density at radius 1 is 1.18 bits per heavy atom. The minimum atomic E-state index is -3.49. The van der Waals surface area contributed by atoms with E-state index in [1.807, 2.05) is 0 Å². The van der Waals surface area contributed by atoms with Crippen LogP contribution in [0.4, 0.5) is 5.69 Å². The van der Waals surface area contributed by atoms with Crippen molar-refractivity contribution in [2.45, 2.75) is 32.8 Å². The van der Waals surface area contributed by atoms with E-state index in [-0.39, 0.29) is 12.5 Å². The van der Waals surface area contributed by atoms with Crippen molar-refractivity contribution in [1.82, 2.24) is 10.2 Å². The largest absolute Gasteiger partial charge is 0.476 e. The summed E-state index contributed by atoms with van der Waals surface area (Å²) in [5, 5.41) is 2.91. The SMILES string of the molecule is C[C@@H]1C[C@@H](C)CN(CCCNC(=O)[C@@H]2CN(S(C)(=O)=O)c3ccccc3O2)C1. The predicted octanol–water partition coefficient (Wildman–Crippen LogP) is 1.70. The van der Waals surface area contributed by atoms with Gasteiger partial charge in [0.2, 0.25) is 10.0 Å². The van der Waals surface area contributed by atoms with Gasteiger partial charge in [0.25, 0.3) is 5.91 Å². The first-order chi connectivity index (χ1) is 13.2. The maximum Gasteiger partial charge on any atom is 0.263 e. The Morgan fingerprint density at radius 3 is 2.54 bits per heavy atom. The molecule has 1 saturated heterocycles. The number of hydrogen-bond acceptors (Lipinski definition) is 5. The third kappa shape index (κ3) is 5.17. The number of nitrogens with zero attached hydrogens (tertiary/aromatic N) is 2. The van der Waals surface area contributed by atoms with Gasteiger partial charge in [-0.1, -0.05) is 26.0 Å². The summed E-state index contributed by atoms with van der Waals surface area (Å²) in [6.45, 7) is 8.31. The van der Waals surface area contributed by atoms with E-state index in [0.29, 0.717) is 18.0 Å². The van der Waals surface area contributed by atoms with Gasteiger partial charge >= 0.3 is 0 Å². The Labute approximate surface area is 168 Å². The van der Waals surface area contributed by atoms with E-state index in [9.17, 15) is 13.2 Å². The van der Waals surface area contributed by atoms with E-state index in [4.69, 9.17) is 4.74 Å². The smallest absolute Gasteiger partial charge is 0.263 e. The van der Waals surface area contributed by atoms with E-state index >= 15 is 0 Å². The molecule has 0 aromatic heterocycles. The molecule has 3 atom stereocenters. The maximum absolute atomic E-state index is 12.6. The molecule has 7 nitrogen and oxygen atoms in total. The van der Waals surface area contributed by atoms with Crippen molar-refractivity contribution in [3.8, 4) is 5.75 Å². The normalized spacial score (nSPS) is 25.7. The Balaban J connectivity index is 1.52. The van der Waals surface area contributed by atoms with Crippen molar-refractivity contribution < 1.29 is 17.9 Å². The highest BCUT2D eigenvalue weighted by atomic mass is 32.2. The van der Waals surface area contributed by atoms with Crippen LogP contribution in [-0.4, -0.2) is 64.3 Å². The molecular formula is C20H31N3O4S. The summed E-state index contributed by atoms with van der Waals surface area (Å²) >= 11 is 0. The Morgan fingerprint density at radius 2 is 1.86 bits per heavy atom. The first-order valence-electron chi connectivity index (χ1n) is 9.97. The average molecular weight is 410 g/mol. The Bertz CT molecular complexity index is 788. The number of sulfonamides is 1. The van der Waals surface area contributed by atoms with Crippen LogP contribution < -0.4 is 14.4 Å². The van der Waals surface area contributed by atoms with E-state index in [1.165, 1.54) is 10.7 Å². The van der Waals surface area contributed by atoms with Gasteiger partial charge in [-0.05, 0) is 43.4 Å². The van der Waals surface area contributed by atoms with Crippen LogP contribution in [0.25, 0.3) is 0 Å². The van der Waals surface area contributed by atoms with Gasteiger partial charge in [0, 0.05) is 19.6 Å². The monoisotopic (exact) mass is 409 g/mol. The van der Waals surface area contributed by atoms with Gasteiger partial charge in [-0.25, -0.2) is 8.42 Å². The van der Waals surface area contributed by atoms with Crippen LogP contribution in [0, 0.1) is 11.8 Å². The van der Waals surface area contributed by atoms with Crippen LogP contribution >= 0.6 is 0 Å².